The molecule has 2 aromatic rings. The van der Waals surface area contributed by atoms with Gasteiger partial charge >= 0.3 is 0 Å². The molecule has 0 aliphatic heterocycles. The van der Waals surface area contributed by atoms with Crippen molar-refractivity contribution in [2.75, 3.05) is 13.7 Å². The van der Waals surface area contributed by atoms with Crippen molar-refractivity contribution in [2.24, 2.45) is 11.3 Å². The molecule has 0 saturated carbocycles. The van der Waals surface area contributed by atoms with Crippen molar-refractivity contribution in [2.45, 2.75) is 34.2 Å². The summed E-state index contributed by atoms with van der Waals surface area (Å²) in [5.41, 5.74) is 1.11. The molecule has 1 heterocycles. The second-order valence-corrected chi connectivity index (χ2v) is 6.34. The molecule has 0 aliphatic rings. The number of ether oxygens (including phenoxy) is 1. The molecule has 0 atom stereocenters. The molecule has 0 aliphatic carbocycles. The number of furan rings is 1. The van der Waals surface area contributed by atoms with Crippen LogP contribution in [-0.2, 0) is 6.54 Å². The molecular weight excluding hydrogens is 250 g/mol. The van der Waals surface area contributed by atoms with Gasteiger partial charge in [0.2, 0.25) is 0 Å². The first-order valence-electron chi connectivity index (χ1n) is 7.20. The molecule has 110 valence electrons. The van der Waals surface area contributed by atoms with Crippen LogP contribution in [0.1, 0.15) is 33.5 Å². The molecule has 0 bridgehead atoms. The fourth-order valence-corrected chi connectivity index (χ4v) is 2.05. The van der Waals surface area contributed by atoms with Crippen molar-refractivity contribution in [3.8, 4) is 5.75 Å². The predicted molar refractivity (Wildman–Crippen MR) is 83.1 cm³/mol. The van der Waals surface area contributed by atoms with Crippen LogP contribution in [-0.4, -0.2) is 13.7 Å². The summed E-state index contributed by atoms with van der Waals surface area (Å²) in [5.74, 6) is 2.38. The van der Waals surface area contributed by atoms with E-state index in [2.05, 4.69) is 39.1 Å². The van der Waals surface area contributed by atoms with Gasteiger partial charge in [0.05, 0.1) is 13.7 Å². The molecule has 20 heavy (non-hydrogen) atoms. The van der Waals surface area contributed by atoms with Gasteiger partial charge < -0.3 is 14.5 Å². The lowest BCUT2D eigenvalue weighted by molar-refractivity contribution is 0.235. The molecular formula is C17H25NO2. The Labute approximate surface area is 121 Å². The number of methoxy groups -OCH3 is 1. The highest BCUT2D eigenvalue weighted by atomic mass is 16.5. The molecule has 0 radical (unpaired) electrons. The maximum absolute atomic E-state index is 5.88. The van der Waals surface area contributed by atoms with Gasteiger partial charge in [-0.3, -0.25) is 0 Å². The summed E-state index contributed by atoms with van der Waals surface area (Å²) in [4.78, 5) is 0. The maximum Gasteiger partial charge on any atom is 0.176 e. The third kappa shape index (κ3) is 3.15. The number of nitrogens with one attached hydrogen (secondary N) is 1. The van der Waals surface area contributed by atoms with Crippen LogP contribution in [0.15, 0.2) is 28.7 Å². The fourth-order valence-electron chi connectivity index (χ4n) is 2.05. The number of fused-ring (bicyclic) bond motifs is 1. The second-order valence-electron chi connectivity index (χ2n) is 6.34. The Bertz CT molecular complexity index is 569. The second kappa shape index (κ2) is 5.88. The van der Waals surface area contributed by atoms with E-state index in [0.717, 1.165) is 35.6 Å². The molecule has 0 saturated heterocycles. The van der Waals surface area contributed by atoms with Crippen molar-refractivity contribution in [3.05, 3.63) is 30.0 Å². The Hall–Kier alpha value is -1.48. The summed E-state index contributed by atoms with van der Waals surface area (Å²) in [7, 11) is 1.67. The Morgan fingerprint density at radius 1 is 1.30 bits per heavy atom. The summed E-state index contributed by atoms with van der Waals surface area (Å²) >= 11 is 0. The first-order valence-corrected chi connectivity index (χ1v) is 7.20. The Morgan fingerprint density at radius 3 is 2.70 bits per heavy atom. The molecule has 1 N–H and O–H groups in total. The molecule has 0 spiro atoms. The average Bonchev–Trinajstić information content (AvgIpc) is 2.80. The van der Waals surface area contributed by atoms with Crippen LogP contribution < -0.4 is 10.1 Å². The molecule has 1 aromatic heterocycles. The van der Waals surface area contributed by atoms with Gasteiger partial charge in [-0.05, 0) is 23.5 Å². The minimum atomic E-state index is 0.281. The van der Waals surface area contributed by atoms with Gasteiger partial charge in [-0.1, -0.05) is 39.8 Å². The largest absolute Gasteiger partial charge is 0.493 e. The van der Waals surface area contributed by atoms with Gasteiger partial charge in [0.1, 0.15) is 5.76 Å². The smallest absolute Gasteiger partial charge is 0.176 e. The van der Waals surface area contributed by atoms with Crippen LogP contribution >= 0.6 is 0 Å². The van der Waals surface area contributed by atoms with E-state index in [4.69, 9.17) is 9.15 Å². The third-order valence-corrected chi connectivity index (χ3v) is 4.22. The highest BCUT2D eigenvalue weighted by molar-refractivity contribution is 5.83. The topological polar surface area (TPSA) is 34.4 Å². The van der Waals surface area contributed by atoms with E-state index in [9.17, 15) is 0 Å². The predicted octanol–water partition coefficient (Wildman–Crippen LogP) is 4.21. The zero-order valence-electron chi connectivity index (χ0n) is 13.1. The van der Waals surface area contributed by atoms with E-state index in [1.54, 1.807) is 7.11 Å². The van der Waals surface area contributed by atoms with Crippen molar-refractivity contribution < 1.29 is 9.15 Å². The van der Waals surface area contributed by atoms with E-state index in [-0.39, 0.29) is 5.41 Å². The standard InChI is InChI=1S/C17H25NO2/c1-12(2)17(3,4)11-18-10-14-9-13-7-6-8-15(19-5)16(13)20-14/h6-9,12,18H,10-11H2,1-5H3. The van der Waals surface area contributed by atoms with Gasteiger partial charge in [-0.25, -0.2) is 0 Å². The summed E-state index contributed by atoms with van der Waals surface area (Å²) in [6.45, 7) is 10.8. The molecule has 0 unspecified atom stereocenters. The highest BCUT2D eigenvalue weighted by Crippen LogP contribution is 2.29. The molecule has 3 heteroatoms. The Kier molecular flexibility index (Phi) is 4.39. The lowest BCUT2D eigenvalue weighted by Crippen LogP contribution is -2.33. The van der Waals surface area contributed by atoms with Gasteiger partial charge in [0, 0.05) is 11.9 Å². The van der Waals surface area contributed by atoms with E-state index in [0.29, 0.717) is 5.92 Å². The fraction of sp³-hybridized carbons (Fsp3) is 0.529. The summed E-state index contributed by atoms with van der Waals surface area (Å²) in [6, 6.07) is 8.02. The van der Waals surface area contributed by atoms with Crippen LogP contribution in [0, 0.1) is 11.3 Å². The Balaban J connectivity index is 2.04. The Morgan fingerprint density at radius 2 is 2.05 bits per heavy atom. The number of hydrogen-bond acceptors (Lipinski definition) is 3. The quantitative estimate of drug-likeness (QED) is 0.857. The van der Waals surface area contributed by atoms with Crippen molar-refractivity contribution in [1.29, 1.82) is 0 Å². The summed E-state index contributed by atoms with van der Waals surface area (Å²) < 4.78 is 11.2. The lowest BCUT2D eigenvalue weighted by atomic mass is 9.81. The summed E-state index contributed by atoms with van der Waals surface area (Å²) in [5, 5.41) is 4.57. The van der Waals surface area contributed by atoms with Crippen LogP contribution in [0.5, 0.6) is 5.75 Å². The molecule has 2 rings (SSSR count). The zero-order valence-corrected chi connectivity index (χ0v) is 13.1. The van der Waals surface area contributed by atoms with Crippen LogP contribution in [0.25, 0.3) is 11.0 Å². The molecule has 1 aromatic carbocycles. The first kappa shape index (κ1) is 14.9. The zero-order chi connectivity index (χ0) is 14.8. The third-order valence-electron chi connectivity index (χ3n) is 4.22. The number of para-hydroxylation sites is 1. The van der Waals surface area contributed by atoms with Gasteiger partial charge in [0.15, 0.2) is 11.3 Å². The number of rotatable bonds is 6. The molecule has 0 fully saturated rings. The van der Waals surface area contributed by atoms with Crippen molar-refractivity contribution in [1.82, 2.24) is 5.32 Å². The monoisotopic (exact) mass is 275 g/mol. The van der Waals surface area contributed by atoms with Gasteiger partial charge in [-0.2, -0.15) is 0 Å². The van der Waals surface area contributed by atoms with E-state index < -0.39 is 0 Å². The van der Waals surface area contributed by atoms with Gasteiger partial charge in [0.25, 0.3) is 0 Å². The van der Waals surface area contributed by atoms with Crippen LogP contribution in [0.2, 0.25) is 0 Å². The number of benzene rings is 1. The molecule has 0 amide bonds. The number of hydrogen-bond donors (Lipinski definition) is 1. The van der Waals surface area contributed by atoms with Crippen LogP contribution in [0.3, 0.4) is 0 Å². The van der Waals surface area contributed by atoms with Crippen molar-refractivity contribution >= 4 is 11.0 Å². The minimum Gasteiger partial charge on any atom is -0.493 e. The van der Waals surface area contributed by atoms with Gasteiger partial charge in [-0.15, -0.1) is 0 Å². The first-order chi connectivity index (χ1) is 9.44. The highest BCUT2D eigenvalue weighted by Gasteiger charge is 2.21. The van der Waals surface area contributed by atoms with E-state index in [1.807, 2.05) is 18.2 Å². The van der Waals surface area contributed by atoms with Crippen LogP contribution in [0.4, 0.5) is 0 Å². The normalized spacial score (nSPS) is 12.3. The SMILES string of the molecule is COc1cccc2cc(CNCC(C)(C)C(C)C)oc12. The molecule has 3 nitrogen and oxygen atoms in total. The summed E-state index contributed by atoms with van der Waals surface area (Å²) in [6.07, 6.45) is 0. The van der Waals surface area contributed by atoms with E-state index >= 15 is 0 Å². The lowest BCUT2D eigenvalue weighted by Gasteiger charge is -2.29. The average molecular weight is 275 g/mol. The van der Waals surface area contributed by atoms with E-state index in [1.165, 1.54) is 0 Å². The minimum absolute atomic E-state index is 0.281. The maximum atomic E-state index is 5.88. The van der Waals surface area contributed by atoms with Crippen molar-refractivity contribution in [3.63, 3.8) is 0 Å².